The number of aromatic nitrogens is 1. The lowest BCUT2D eigenvalue weighted by Crippen LogP contribution is -2.44. The van der Waals surface area contributed by atoms with E-state index in [1.807, 2.05) is 0 Å². The van der Waals surface area contributed by atoms with Crippen LogP contribution in [0.3, 0.4) is 0 Å². The van der Waals surface area contributed by atoms with Crippen molar-refractivity contribution in [1.82, 2.24) is 20.5 Å². The van der Waals surface area contributed by atoms with Crippen LogP contribution in [-0.2, 0) is 15.1 Å². The van der Waals surface area contributed by atoms with Crippen LogP contribution in [0.25, 0.3) is 0 Å². The smallest absolute Gasteiger partial charge is 0.325 e. The van der Waals surface area contributed by atoms with E-state index in [-0.39, 0.29) is 12.6 Å². The van der Waals surface area contributed by atoms with Gasteiger partial charge in [-0.2, -0.15) is 0 Å². The molecular weight excluding hydrogens is 324 g/mol. The van der Waals surface area contributed by atoms with Crippen LogP contribution in [0.15, 0.2) is 47.2 Å². The van der Waals surface area contributed by atoms with E-state index in [4.69, 9.17) is 4.42 Å². The van der Waals surface area contributed by atoms with E-state index in [2.05, 4.69) is 15.6 Å². The molecule has 0 saturated carbocycles. The van der Waals surface area contributed by atoms with Gasteiger partial charge < -0.3 is 15.1 Å². The van der Waals surface area contributed by atoms with Crippen LogP contribution in [0.1, 0.15) is 31.3 Å². The molecule has 1 aliphatic rings. The average molecular weight is 342 g/mol. The van der Waals surface area contributed by atoms with Crippen molar-refractivity contribution in [2.45, 2.75) is 25.4 Å². The average Bonchev–Trinajstić information content (AvgIpc) is 3.20. The van der Waals surface area contributed by atoms with E-state index >= 15 is 0 Å². The van der Waals surface area contributed by atoms with Crippen LogP contribution < -0.4 is 10.6 Å². The summed E-state index contributed by atoms with van der Waals surface area (Å²) in [5.41, 5.74) is -0.870. The number of urea groups is 1. The molecular formula is C17H18N4O4. The number of furan rings is 1. The number of nitrogens with one attached hydrogen (secondary N) is 2. The molecule has 8 nitrogen and oxygen atoms in total. The minimum Gasteiger partial charge on any atom is -0.467 e. The Labute approximate surface area is 144 Å². The standard InChI is InChI=1S/C17H18N4O4/c1-11(12-6-5-9-25-12)19-14(22)10-21-15(23)17(2,20-16(21)24)13-7-3-4-8-18-13/h3-9,11H,10H2,1-2H3,(H,19,22)(H,20,24)/t11-,17+/m0/s1. The van der Waals surface area contributed by atoms with E-state index in [1.165, 1.54) is 6.26 Å². The van der Waals surface area contributed by atoms with Gasteiger partial charge in [0.1, 0.15) is 12.3 Å². The van der Waals surface area contributed by atoms with Gasteiger partial charge in [-0.1, -0.05) is 6.07 Å². The third kappa shape index (κ3) is 3.10. The molecule has 130 valence electrons. The molecule has 2 aromatic heterocycles. The maximum absolute atomic E-state index is 12.7. The number of amides is 4. The maximum atomic E-state index is 12.7. The van der Waals surface area contributed by atoms with E-state index in [0.29, 0.717) is 11.5 Å². The quantitative estimate of drug-likeness (QED) is 0.798. The van der Waals surface area contributed by atoms with E-state index in [1.54, 1.807) is 50.4 Å². The lowest BCUT2D eigenvalue weighted by Gasteiger charge is -2.21. The fourth-order valence-corrected chi connectivity index (χ4v) is 2.71. The van der Waals surface area contributed by atoms with Gasteiger partial charge in [-0.15, -0.1) is 0 Å². The molecule has 3 heterocycles. The Morgan fingerprint density at radius 3 is 2.80 bits per heavy atom. The largest absolute Gasteiger partial charge is 0.467 e. The molecule has 0 unspecified atom stereocenters. The lowest BCUT2D eigenvalue weighted by atomic mass is 9.97. The zero-order valence-corrected chi connectivity index (χ0v) is 13.9. The van der Waals surface area contributed by atoms with Crippen molar-refractivity contribution in [1.29, 1.82) is 0 Å². The summed E-state index contributed by atoms with van der Waals surface area (Å²) in [6.07, 6.45) is 3.05. The van der Waals surface area contributed by atoms with Crippen LogP contribution >= 0.6 is 0 Å². The van der Waals surface area contributed by atoms with Gasteiger partial charge in [0.2, 0.25) is 5.91 Å². The highest BCUT2D eigenvalue weighted by molar-refractivity contribution is 6.08. The van der Waals surface area contributed by atoms with Gasteiger partial charge >= 0.3 is 6.03 Å². The van der Waals surface area contributed by atoms with Crippen LogP contribution in [-0.4, -0.2) is 34.3 Å². The number of imide groups is 1. The molecule has 1 fully saturated rings. The summed E-state index contributed by atoms with van der Waals surface area (Å²) < 4.78 is 5.22. The molecule has 25 heavy (non-hydrogen) atoms. The van der Waals surface area contributed by atoms with Crippen LogP contribution in [0, 0.1) is 0 Å². The minimum absolute atomic E-state index is 0.370. The zero-order valence-electron chi connectivity index (χ0n) is 13.9. The van der Waals surface area contributed by atoms with Gasteiger partial charge in [0.25, 0.3) is 5.91 Å². The molecule has 1 aliphatic heterocycles. The van der Waals surface area contributed by atoms with Crippen LogP contribution in [0.2, 0.25) is 0 Å². The first-order chi connectivity index (χ1) is 11.9. The first-order valence-electron chi connectivity index (χ1n) is 7.80. The predicted molar refractivity (Wildman–Crippen MR) is 87.1 cm³/mol. The third-order valence-electron chi connectivity index (χ3n) is 4.10. The highest BCUT2D eigenvalue weighted by Crippen LogP contribution is 2.27. The Balaban J connectivity index is 1.70. The van der Waals surface area contributed by atoms with Crippen molar-refractivity contribution >= 4 is 17.8 Å². The number of pyridine rings is 1. The second-order valence-corrected chi connectivity index (χ2v) is 5.97. The summed E-state index contributed by atoms with van der Waals surface area (Å²) in [5.74, 6) is -0.390. The van der Waals surface area contributed by atoms with Crippen LogP contribution in [0.5, 0.6) is 0 Å². The van der Waals surface area contributed by atoms with Gasteiger partial charge in [-0.25, -0.2) is 4.79 Å². The molecule has 2 aromatic rings. The number of carbonyl (C=O) groups excluding carboxylic acids is 3. The van der Waals surface area contributed by atoms with Gasteiger partial charge in [0.05, 0.1) is 18.0 Å². The van der Waals surface area contributed by atoms with Crippen molar-refractivity contribution in [3.63, 3.8) is 0 Å². The predicted octanol–water partition coefficient (Wildman–Crippen LogP) is 1.32. The number of nitrogens with zero attached hydrogens (tertiary/aromatic N) is 2. The Morgan fingerprint density at radius 1 is 1.36 bits per heavy atom. The van der Waals surface area contributed by atoms with Crippen molar-refractivity contribution in [2.24, 2.45) is 0 Å². The van der Waals surface area contributed by atoms with Gasteiger partial charge in [0.15, 0.2) is 5.54 Å². The summed E-state index contributed by atoms with van der Waals surface area (Å²) in [7, 11) is 0. The molecule has 4 amide bonds. The van der Waals surface area contributed by atoms with Crippen molar-refractivity contribution in [3.05, 3.63) is 54.2 Å². The molecule has 0 radical (unpaired) electrons. The Morgan fingerprint density at radius 2 is 2.16 bits per heavy atom. The molecule has 2 N–H and O–H groups in total. The second-order valence-electron chi connectivity index (χ2n) is 5.97. The summed E-state index contributed by atoms with van der Waals surface area (Å²) in [6, 6.07) is 7.55. The van der Waals surface area contributed by atoms with Gasteiger partial charge in [-0.05, 0) is 38.1 Å². The topological polar surface area (TPSA) is 105 Å². The minimum atomic E-state index is -1.29. The molecule has 8 heteroatoms. The fraction of sp³-hybridized carbons (Fsp3) is 0.294. The van der Waals surface area contributed by atoms with Crippen LogP contribution in [0.4, 0.5) is 4.79 Å². The number of hydrogen-bond acceptors (Lipinski definition) is 5. The number of carbonyl (C=O) groups is 3. The SMILES string of the molecule is C[C@H](NC(=O)CN1C(=O)N[C@](C)(c2ccccn2)C1=O)c1ccco1. The molecule has 3 rings (SSSR count). The normalized spacial score (nSPS) is 21.1. The van der Waals surface area contributed by atoms with Crippen molar-refractivity contribution < 1.29 is 18.8 Å². The summed E-state index contributed by atoms with van der Waals surface area (Å²) in [5, 5.41) is 5.30. The molecule has 0 bridgehead atoms. The first kappa shape index (κ1) is 16.7. The monoisotopic (exact) mass is 342 g/mol. The van der Waals surface area contributed by atoms with E-state index < -0.39 is 23.4 Å². The lowest BCUT2D eigenvalue weighted by molar-refractivity contribution is -0.135. The second kappa shape index (κ2) is 6.39. The molecule has 2 atom stereocenters. The van der Waals surface area contributed by atoms with Gasteiger partial charge in [-0.3, -0.25) is 19.5 Å². The van der Waals surface area contributed by atoms with Gasteiger partial charge in [0, 0.05) is 6.20 Å². The summed E-state index contributed by atoms with van der Waals surface area (Å²) in [4.78, 5) is 42.1. The molecule has 0 aromatic carbocycles. The number of rotatable bonds is 5. The maximum Gasteiger partial charge on any atom is 0.325 e. The molecule has 1 saturated heterocycles. The van der Waals surface area contributed by atoms with E-state index in [9.17, 15) is 14.4 Å². The molecule has 0 aliphatic carbocycles. The fourth-order valence-electron chi connectivity index (χ4n) is 2.71. The molecule has 0 spiro atoms. The highest BCUT2D eigenvalue weighted by Gasteiger charge is 2.50. The third-order valence-corrected chi connectivity index (χ3v) is 4.10. The first-order valence-corrected chi connectivity index (χ1v) is 7.80. The zero-order chi connectivity index (χ0) is 18.0. The van der Waals surface area contributed by atoms with Crippen molar-refractivity contribution in [3.8, 4) is 0 Å². The Kier molecular flexibility index (Phi) is 4.26. The Hall–Kier alpha value is -3.16. The highest BCUT2D eigenvalue weighted by atomic mass is 16.3. The van der Waals surface area contributed by atoms with E-state index in [0.717, 1.165) is 4.90 Å². The summed E-state index contributed by atoms with van der Waals surface area (Å²) >= 11 is 0. The van der Waals surface area contributed by atoms with Crippen molar-refractivity contribution in [2.75, 3.05) is 6.54 Å². The Bertz CT molecular complexity index is 790. The summed E-state index contributed by atoms with van der Waals surface area (Å²) in [6.45, 7) is 2.94. The number of hydrogen-bond donors (Lipinski definition) is 2.